The molecule has 0 N–H and O–H groups in total. The Morgan fingerprint density at radius 3 is 2.67 bits per heavy atom. The summed E-state index contributed by atoms with van der Waals surface area (Å²) in [4.78, 5) is 18.1. The zero-order valence-electron chi connectivity index (χ0n) is 18.6. The fourth-order valence-electron chi connectivity index (χ4n) is 3.99. The number of rotatable bonds is 4. The summed E-state index contributed by atoms with van der Waals surface area (Å²) >= 11 is 6.13. The maximum atomic E-state index is 13.4. The van der Waals surface area contributed by atoms with Gasteiger partial charge in [0.25, 0.3) is 5.56 Å². The summed E-state index contributed by atoms with van der Waals surface area (Å²) in [6, 6.07) is 26.9. The molecule has 7 nitrogen and oxygen atoms in total. The Morgan fingerprint density at radius 2 is 1.78 bits per heavy atom. The first-order valence-corrected chi connectivity index (χ1v) is 11.3. The van der Waals surface area contributed by atoms with Gasteiger partial charge in [-0.25, -0.2) is 4.98 Å². The molecule has 0 aliphatic rings. The summed E-state index contributed by atoms with van der Waals surface area (Å²) in [5.74, 6) is 1.53. The first kappa shape index (κ1) is 21.6. The molecule has 0 aliphatic carbocycles. The Morgan fingerprint density at radius 1 is 0.944 bits per heavy atom. The second kappa shape index (κ2) is 8.69. The van der Waals surface area contributed by atoms with E-state index in [-0.39, 0.29) is 11.4 Å². The molecule has 0 radical (unpaired) electrons. The second-order valence-corrected chi connectivity index (χ2v) is 8.40. The molecule has 3 aromatic carbocycles. The second-order valence-electron chi connectivity index (χ2n) is 7.97. The molecule has 0 amide bonds. The van der Waals surface area contributed by atoms with Gasteiger partial charge in [0.2, 0.25) is 5.82 Å². The van der Waals surface area contributed by atoms with E-state index in [2.05, 4.69) is 16.2 Å². The first-order chi connectivity index (χ1) is 17.6. The van der Waals surface area contributed by atoms with Crippen LogP contribution in [-0.4, -0.2) is 15.9 Å². The van der Waals surface area contributed by atoms with Crippen LogP contribution in [-0.2, 0) is 0 Å². The molecule has 8 heteroatoms. The molecule has 0 saturated heterocycles. The molecule has 0 fully saturated rings. The van der Waals surface area contributed by atoms with Gasteiger partial charge in [-0.1, -0.05) is 35.9 Å². The summed E-state index contributed by atoms with van der Waals surface area (Å²) in [7, 11) is 0. The van der Waals surface area contributed by atoms with Crippen LogP contribution in [0.25, 0.3) is 44.8 Å². The third kappa shape index (κ3) is 3.76. The van der Waals surface area contributed by atoms with E-state index in [4.69, 9.17) is 20.4 Å². The molecule has 3 heterocycles. The number of fused-ring (bicyclic) bond motifs is 2. The van der Waals surface area contributed by atoms with Crippen LogP contribution in [0.2, 0.25) is 5.02 Å². The summed E-state index contributed by atoms with van der Waals surface area (Å²) < 4.78 is 13.1. The average Bonchev–Trinajstić information content (AvgIpc) is 3.55. The highest BCUT2D eigenvalue weighted by Crippen LogP contribution is 2.29. The van der Waals surface area contributed by atoms with E-state index in [9.17, 15) is 10.1 Å². The number of benzene rings is 3. The topological polar surface area (TPSA) is 97.3 Å². The molecular formula is C28H15ClN4O3. The lowest BCUT2D eigenvalue weighted by atomic mass is 10.1. The van der Waals surface area contributed by atoms with Crippen molar-refractivity contribution in [2.45, 2.75) is 0 Å². The lowest BCUT2D eigenvalue weighted by Gasteiger charge is -2.06. The fourth-order valence-corrected chi connectivity index (χ4v) is 4.17. The van der Waals surface area contributed by atoms with Crippen molar-refractivity contribution in [2.24, 2.45) is 5.10 Å². The van der Waals surface area contributed by atoms with Crippen molar-refractivity contribution in [1.82, 2.24) is 9.66 Å². The summed E-state index contributed by atoms with van der Waals surface area (Å²) in [6.07, 6.45) is 1.43. The van der Waals surface area contributed by atoms with Crippen molar-refractivity contribution < 1.29 is 8.83 Å². The highest BCUT2D eigenvalue weighted by atomic mass is 35.5. The van der Waals surface area contributed by atoms with Gasteiger partial charge >= 0.3 is 0 Å². The normalized spacial score (nSPS) is 11.4. The van der Waals surface area contributed by atoms with E-state index >= 15 is 0 Å². The highest BCUT2D eigenvalue weighted by molar-refractivity contribution is 6.31. The van der Waals surface area contributed by atoms with Crippen molar-refractivity contribution in [3.05, 3.63) is 112 Å². The third-order valence-electron chi connectivity index (χ3n) is 5.69. The van der Waals surface area contributed by atoms with Crippen LogP contribution in [0.1, 0.15) is 11.3 Å². The smallest absolute Gasteiger partial charge is 0.282 e. The molecule has 0 spiro atoms. The molecule has 6 rings (SSSR count). The quantitative estimate of drug-likeness (QED) is 0.263. The number of hydrogen-bond donors (Lipinski definition) is 0. The Hall–Kier alpha value is -4.93. The summed E-state index contributed by atoms with van der Waals surface area (Å²) in [6.45, 7) is 0. The predicted octanol–water partition coefficient (Wildman–Crippen LogP) is 6.48. The van der Waals surface area contributed by atoms with E-state index in [1.165, 1.54) is 10.9 Å². The zero-order chi connectivity index (χ0) is 24.6. The molecule has 0 aliphatic heterocycles. The lowest BCUT2D eigenvalue weighted by Crippen LogP contribution is -2.20. The molecule has 3 aromatic heterocycles. The number of hydrogen-bond acceptors (Lipinski definition) is 6. The molecule has 0 saturated carbocycles. The van der Waals surface area contributed by atoms with E-state index in [1.807, 2.05) is 18.2 Å². The van der Waals surface area contributed by atoms with Crippen LogP contribution in [0, 0.1) is 11.3 Å². The lowest BCUT2D eigenvalue weighted by molar-refractivity contribution is 0.573. The Balaban J connectivity index is 1.48. The number of nitrogens with zero attached hydrogens (tertiary/aromatic N) is 4. The zero-order valence-corrected chi connectivity index (χ0v) is 19.3. The van der Waals surface area contributed by atoms with Gasteiger partial charge in [-0.3, -0.25) is 4.79 Å². The minimum absolute atomic E-state index is 0.240. The number of furan rings is 2. The summed E-state index contributed by atoms with van der Waals surface area (Å²) in [5.41, 5.74) is 1.95. The maximum Gasteiger partial charge on any atom is 0.282 e. The first-order valence-electron chi connectivity index (χ1n) is 11.0. The van der Waals surface area contributed by atoms with Crippen LogP contribution in [0.3, 0.4) is 0 Å². The van der Waals surface area contributed by atoms with Crippen LogP contribution in [0.4, 0.5) is 0 Å². The van der Waals surface area contributed by atoms with E-state index in [1.54, 1.807) is 66.7 Å². The minimum Gasteiger partial charge on any atom is -0.455 e. The van der Waals surface area contributed by atoms with Gasteiger partial charge in [0.05, 0.1) is 28.8 Å². The minimum atomic E-state index is -0.355. The largest absolute Gasteiger partial charge is 0.455 e. The van der Waals surface area contributed by atoms with E-state index in [0.29, 0.717) is 49.9 Å². The van der Waals surface area contributed by atoms with Crippen LogP contribution in [0.15, 0.2) is 104 Å². The predicted molar refractivity (Wildman–Crippen MR) is 138 cm³/mol. The van der Waals surface area contributed by atoms with Crippen molar-refractivity contribution in [3.63, 3.8) is 0 Å². The molecule has 36 heavy (non-hydrogen) atoms. The van der Waals surface area contributed by atoms with Gasteiger partial charge in [-0.2, -0.15) is 15.0 Å². The number of para-hydroxylation sites is 1. The van der Waals surface area contributed by atoms with Gasteiger partial charge in [-0.15, -0.1) is 0 Å². The fraction of sp³-hybridized carbons (Fsp3) is 0. The number of nitriles is 1. The SMILES string of the molecule is N#Cc1ccccc1-c1ccc(C=Nn2c(-c3cc4cc(Cl)ccc4o3)nc3ccccc3c2=O)o1. The Labute approximate surface area is 209 Å². The molecule has 0 atom stereocenters. The van der Waals surface area contributed by atoms with Crippen molar-refractivity contribution in [1.29, 1.82) is 5.26 Å². The molecular weight excluding hydrogens is 476 g/mol. The monoisotopic (exact) mass is 490 g/mol. The van der Waals surface area contributed by atoms with E-state index in [0.717, 1.165) is 5.39 Å². The van der Waals surface area contributed by atoms with Crippen molar-refractivity contribution in [3.8, 4) is 29.0 Å². The van der Waals surface area contributed by atoms with Gasteiger partial charge in [0.15, 0.2) is 5.76 Å². The third-order valence-corrected chi connectivity index (χ3v) is 5.93. The summed E-state index contributed by atoms with van der Waals surface area (Å²) in [5, 5.41) is 15.6. The Kier molecular flexibility index (Phi) is 5.21. The number of halogens is 1. The van der Waals surface area contributed by atoms with Crippen LogP contribution in [0.5, 0.6) is 0 Å². The van der Waals surface area contributed by atoms with Crippen LogP contribution >= 0.6 is 11.6 Å². The Bertz CT molecular complexity index is 1910. The molecule has 172 valence electrons. The van der Waals surface area contributed by atoms with Crippen molar-refractivity contribution in [2.75, 3.05) is 0 Å². The standard InChI is InChI=1S/C28H15ClN4O3/c29-19-9-11-24-18(13-19)14-26(36-24)27-32-23-8-4-3-7-22(23)28(34)33(27)31-16-20-10-12-25(35-20)21-6-2-1-5-17(21)15-30/h1-14,16H. The number of aromatic nitrogens is 2. The van der Waals surface area contributed by atoms with Gasteiger partial charge in [-0.05, 0) is 60.7 Å². The van der Waals surface area contributed by atoms with Gasteiger partial charge in [0, 0.05) is 16.0 Å². The average molecular weight is 491 g/mol. The molecule has 0 bridgehead atoms. The molecule has 0 unspecified atom stereocenters. The van der Waals surface area contributed by atoms with Gasteiger partial charge < -0.3 is 8.83 Å². The van der Waals surface area contributed by atoms with E-state index < -0.39 is 0 Å². The van der Waals surface area contributed by atoms with Crippen LogP contribution < -0.4 is 5.56 Å². The molecule has 6 aromatic rings. The van der Waals surface area contributed by atoms with Crippen molar-refractivity contribution >= 4 is 39.7 Å². The van der Waals surface area contributed by atoms with Gasteiger partial charge in [0.1, 0.15) is 17.1 Å². The maximum absolute atomic E-state index is 13.4. The highest BCUT2D eigenvalue weighted by Gasteiger charge is 2.17.